The first-order valence-electron chi connectivity index (χ1n) is 7.34. The van der Waals surface area contributed by atoms with Gasteiger partial charge >= 0.3 is 0 Å². The van der Waals surface area contributed by atoms with E-state index in [-0.39, 0.29) is 5.75 Å². The van der Waals surface area contributed by atoms with Crippen molar-refractivity contribution >= 4 is 32.2 Å². The molecule has 4 heteroatoms. The van der Waals surface area contributed by atoms with Crippen LogP contribution in [0.25, 0.3) is 10.8 Å². The summed E-state index contributed by atoms with van der Waals surface area (Å²) < 4.78 is 24.7. The van der Waals surface area contributed by atoms with Gasteiger partial charge in [-0.15, -0.1) is 11.6 Å². The van der Waals surface area contributed by atoms with E-state index < -0.39 is 20.5 Å². The summed E-state index contributed by atoms with van der Waals surface area (Å²) >= 11 is 6.67. The van der Waals surface area contributed by atoms with Crippen molar-refractivity contribution in [1.82, 2.24) is 0 Å². The summed E-state index contributed by atoms with van der Waals surface area (Å²) in [6.45, 7) is 2.01. The van der Waals surface area contributed by atoms with Crippen molar-refractivity contribution < 1.29 is 8.42 Å². The van der Waals surface area contributed by atoms with Crippen LogP contribution in [-0.4, -0.2) is 19.4 Å². The zero-order valence-corrected chi connectivity index (χ0v) is 13.6. The maximum Gasteiger partial charge on any atom is 0.154 e. The van der Waals surface area contributed by atoms with Gasteiger partial charge in [-0.1, -0.05) is 42.8 Å². The summed E-state index contributed by atoms with van der Waals surface area (Å²) in [7, 11) is -3.09. The van der Waals surface area contributed by atoms with Crippen molar-refractivity contribution in [3.8, 4) is 0 Å². The van der Waals surface area contributed by atoms with Crippen molar-refractivity contribution in [3.63, 3.8) is 0 Å². The van der Waals surface area contributed by atoms with Crippen LogP contribution in [-0.2, 0) is 9.84 Å². The van der Waals surface area contributed by atoms with Gasteiger partial charge in [-0.05, 0) is 41.7 Å². The number of hydrogen-bond donors (Lipinski definition) is 0. The van der Waals surface area contributed by atoms with E-state index in [0.29, 0.717) is 6.42 Å². The maximum atomic E-state index is 12.4. The quantitative estimate of drug-likeness (QED) is 0.768. The lowest BCUT2D eigenvalue weighted by Gasteiger charge is -2.28. The van der Waals surface area contributed by atoms with E-state index in [2.05, 4.69) is 6.07 Å². The van der Waals surface area contributed by atoms with Crippen molar-refractivity contribution in [2.24, 2.45) is 0 Å². The highest BCUT2D eigenvalue weighted by Crippen LogP contribution is 2.39. The van der Waals surface area contributed by atoms with Crippen LogP contribution in [0.15, 0.2) is 36.4 Å². The second-order valence-electron chi connectivity index (χ2n) is 5.82. The fourth-order valence-electron chi connectivity index (χ4n) is 3.26. The van der Waals surface area contributed by atoms with E-state index in [1.165, 1.54) is 0 Å². The van der Waals surface area contributed by atoms with Crippen molar-refractivity contribution in [3.05, 3.63) is 47.5 Å². The zero-order valence-electron chi connectivity index (χ0n) is 12.0. The third-order valence-electron chi connectivity index (χ3n) is 4.42. The van der Waals surface area contributed by atoms with Gasteiger partial charge in [-0.2, -0.15) is 0 Å². The Kier molecular flexibility index (Phi) is 3.98. The minimum atomic E-state index is -3.09. The summed E-state index contributed by atoms with van der Waals surface area (Å²) in [5.74, 6) is 0.269. The van der Waals surface area contributed by atoms with E-state index in [4.69, 9.17) is 11.6 Å². The predicted octanol–water partition coefficient (Wildman–Crippen LogP) is 4.40. The molecule has 2 atom stereocenters. The molecule has 1 aliphatic rings. The Morgan fingerprint density at radius 2 is 1.90 bits per heavy atom. The number of fused-ring (bicyclic) bond motifs is 1. The van der Waals surface area contributed by atoms with Crippen LogP contribution in [0.2, 0.25) is 0 Å². The lowest BCUT2D eigenvalue weighted by molar-refractivity contribution is 0.534. The molecule has 0 aliphatic carbocycles. The summed E-state index contributed by atoms with van der Waals surface area (Å²) in [6, 6.07) is 12.1. The number of benzene rings is 2. The number of halogens is 1. The first-order valence-corrected chi connectivity index (χ1v) is 9.50. The van der Waals surface area contributed by atoms with Gasteiger partial charge in [0.15, 0.2) is 9.84 Å². The molecule has 1 saturated heterocycles. The second kappa shape index (κ2) is 5.62. The molecule has 1 fully saturated rings. The van der Waals surface area contributed by atoms with Crippen molar-refractivity contribution in [2.75, 3.05) is 5.75 Å². The second-order valence-corrected chi connectivity index (χ2v) is 8.63. The lowest BCUT2D eigenvalue weighted by Crippen LogP contribution is -2.32. The standard InChI is InChI=1S/C17H19ClO2S/c1-12-9-10-13-6-2-3-7-14(13)16(12)17(18)15-8-4-5-11-21(15,19)20/h2-3,6-7,9-10,15,17H,4-5,8,11H2,1H3. The van der Waals surface area contributed by atoms with Gasteiger partial charge in [0, 0.05) is 0 Å². The highest BCUT2D eigenvalue weighted by Gasteiger charge is 2.36. The van der Waals surface area contributed by atoms with Gasteiger partial charge in [-0.3, -0.25) is 0 Å². The van der Waals surface area contributed by atoms with Crippen LogP contribution in [0, 0.1) is 6.92 Å². The molecule has 1 heterocycles. The van der Waals surface area contributed by atoms with Crippen LogP contribution in [0.3, 0.4) is 0 Å². The fourth-order valence-corrected chi connectivity index (χ4v) is 6.09. The third-order valence-corrected chi connectivity index (χ3v) is 7.38. The molecule has 2 unspecified atom stereocenters. The molecule has 3 rings (SSSR count). The monoisotopic (exact) mass is 322 g/mol. The molecule has 2 aromatic carbocycles. The molecule has 0 amide bonds. The normalized spacial score (nSPS) is 23.0. The minimum absolute atomic E-state index is 0.269. The van der Waals surface area contributed by atoms with Crippen LogP contribution in [0.5, 0.6) is 0 Å². The summed E-state index contributed by atoms with van der Waals surface area (Å²) in [4.78, 5) is 0. The lowest BCUT2D eigenvalue weighted by atomic mass is 9.94. The molecule has 0 bridgehead atoms. The highest BCUT2D eigenvalue weighted by molar-refractivity contribution is 7.92. The average molecular weight is 323 g/mol. The molecule has 0 aromatic heterocycles. The molecule has 1 aliphatic heterocycles. The summed E-state index contributed by atoms with van der Waals surface area (Å²) in [6.07, 6.45) is 2.37. The molecule has 2 nitrogen and oxygen atoms in total. The average Bonchev–Trinajstić information content (AvgIpc) is 2.46. The smallest absolute Gasteiger partial charge is 0.154 e. The minimum Gasteiger partial charge on any atom is -0.228 e. The van der Waals surface area contributed by atoms with E-state index in [1.54, 1.807) is 0 Å². The first kappa shape index (κ1) is 14.9. The van der Waals surface area contributed by atoms with Gasteiger partial charge in [0.2, 0.25) is 0 Å². The molecule has 0 spiro atoms. The number of rotatable bonds is 2. The number of aryl methyl sites for hydroxylation is 1. The molecular weight excluding hydrogens is 304 g/mol. The van der Waals surface area contributed by atoms with Gasteiger partial charge < -0.3 is 0 Å². The van der Waals surface area contributed by atoms with E-state index in [9.17, 15) is 8.42 Å². The first-order chi connectivity index (χ1) is 10.0. The Hall–Kier alpha value is -1.06. The summed E-state index contributed by atoms with van der Waals surface area (Å²) in [5, 5.41) is 1.24. The number of sulfone groups is 1. The number of alkyl halides is 1. The van der Waals surface area contributed by atoms with Gasteiger partial charge in [0.25, 0.3) is 0 Å². The predicted molar refractivity (Wildman–Crippen MR) is 88.7 cm³/mol. The summed E-state index contributed by atoms with van der Waals surface area (Å²) in [5.41, 5.74) is 2.04. The molecular formula is C17H19ClO2S. The molecule has 0 saturated carbocycles. The molecule has 0 N–H and O–H groups in total. The Balaban J connectivity index is 2.13. The van der Waals surface area contributed by atoms with E-state index in [0.717, 1.165) is 34.7 Å². The third kappa shape index (κ3) is 2.69. The van der Waals surface area contributed by atoms with E-state index in [1.807, 2.05) is 37.3 Å². The zero-order chi connectivity index (χ0) is 15.0. The van der Waals surface area contributed by atoms with Crippen molar-refractivity contribution in [2.45, 2.75) is 36.8 Å². The van der Waals surface area contributed by atoms with E-state index >= 15 is 0 Å². The Morgan fingerprint density at radius 1 is 1.14 bits per heavy atom. The van der Waals surface area contributed by atoms with Gasteiger partial charge in [0.1, 0.15) is 0 Å². The topological polar surface area (TPSA) is 34.1 Å². The van der Waals surface area contributed by atoms with Crippen LogP contribution >= 0.6 is 11.6 Å². The molecule has 112 valence electrons. The van der Waals surface area contributed by atoms with Crippen molar-refractivity contribution in [1.29, 1.82) is 0 Å². The SMILES string of the molecule is Cc1ccc2ccccc2c1C(Cl)C1CCCCS1(=O)=O. The Bertz CT molecular complexity index is 767. The van der Waals surface area contributed by atoms with Crippen LogP contribution in [0.4, 0.5) is 0 Å². The fraction of sp³-hybridized carbons (Fsp3) is 0.412. The highest BCUT2D eigenvalue weighted by atomic mass is 35.5. The van der Waals surface area contributed by atoms with Crippen LogP contribution < -0.4 is 0 Å². The largest absolute Gasteiger partial charge is 0.228 e. The molecule has 21 heavy (non-hydrogen) atoms. The molecule has 0 radical (unpaired) electrons. The van der Waals surface area contributed by atoms with Gasteiger partial charge in [0.05, 0.1) is 16.4 Å². The Morgan fingerprint density at radius 3 is 2.67 bits per heavy atom. The Labute approximate surface area is 131 Å². The molecule has 2 aromatic rings. The van der Waals surface area contributed by atoms with Crippen LogP contribution in [0.1, 0.15) is 35.8 Å². The maximum absolute atomic E-state index is 12.4. The number of hydrogen-bond acceptors (Lipinski definition) is 2. The van der Waals surface area contributed by atoms with Gasteiger partial charge in [-0.25, -0.2) is 8.42 Å².